The zero-order valence-corrected chi connectivity index (χ0v) is 21.8. The van der Waals surface area contributed by atoms with Crippen molar-refractivity contribution in [3.8, 4) is 0 Å². The maximum atomic E-state index is 12.0. The van der Waals surface area contributed by atoms with Gasteiger partial charge in [-0.15, -0.1) is 0 Å². The first-order valence-corrected chi connectivity index (χ1v) is 12.6. The minimum atomic E-state index is -4.54. The van der Waals surface area contributed by atoms with Crippen molar-refractivity contribution in [2.24, 2.45) is 5.73 Å². The van der Waals surface area contributed by atoms with E-state index in [0.717, 1.165) is 47.7 Å². The van der Waals surface area contributed by atoms with Gasteiger partial charge in [0.2, 0.25) is 5.91 Å². The fraction of sp³-hybridized carbons (Fsp3) is 0.519. The summed E-state index contributed by atoms with van der Waals surface area (Å²) >= 11 is 0. The van der Waals surface area contributed by atoms with Crippen LogP contribution in [0.25, 0.3) is 16.8 Å². The molecule has 0 unspecified atom stereocenters. The number of amides is 1. The van der Waals surface area contributed by atoms with Crippen molar-refractivity contribution in [1.82, 2.24) is 9.88 Å². The number of carbonyl (C=O) groups excluding carboxylic acids is 2. The van der Waals surface area contributed by atoms with E-state index in [0.29, 0.717) is 12.8 Å². The molecule has 3 rings (SSSR count). The number of unbranched alkanes of at least 4 members (excludes halogenated alkanes) is 3. The number of hydrogen-bond acceptors (Lipinski definition) is 5. The average Bonchev–Trinajstić information content (AvgIpc) is 3.37. The smallest absolute Gasteiger partial charge is 0.397 e. The van der Waals surface area contributed by atoms with Crippen molar-refractivity contribution in [3.63, 3.8) is 0 Å². The van der Waals surface area contributed by atoms with E-state index in [1.807, 2.05) is 38.1 Å². The molecule has 7 nitrogen and oxygen atoms in total. The number of rotatable bonds is 8. The van der Waals surface area contributed by atoms with E-state index in [-0.39, 0.29) is 12.1 Å². The molecule has 2 heterocycles. The summed E-state index contributed by atoms with van der Waals surface area (Å²) < 4.78 is 40.4. The highest BCUT2D eigenvalue weighted by Crippen LogP contribution is 2.25. The normalized spacial score (nSPS) is 15.1. The van der Waals surface area contributed by atoms with Crippen LogP contribution in [0.3, 0.4) is 0 Å². The first kappa shape index (κ1) is 31.9. The molecule has 1 fully saturated rings. The van der Waals surface area contributed by atoms with Gasteiger partial charge >= 0.3 is 12.1 Å². The molecule has 2 aromatic rings. The number of nitrogens with one attached hydrogen (secondary N) is 1. The van der Waals surface area contributed by atoms with Gasteiger partial charge in [0, 0.05) is 18.1 Å². The Kier molecular flexibility index (Phi) is 14.3. The van der Waals surface area contributed by atoms with E-state index < -0.39 is 30.5 Å². The summed E-state index contributed by atoms with van der Waals surface area (Å²) in [7, 11) is 1.15. The lowest BCUT2D eigenvalue weighted by molar-refractivity contribution is -0.166. The predicted molar refractivity (Wildman–Crippen MR) is 140 cm³/mol. The van der Waals surface area contributed by atoms with Crippen molar-refractivity contribution in [1.29, 1.82) is 0 Å². The number of halogens is 3. The number of nitrogens with two attached hydrogens (primary N) is 1. The second-order valence-electron chi connectivity index (χ2n) is 8.25. The molecular formula is C27H38F3N3O4. The number of fused-ring (bicyclic) bond motifs is 1. The van der Waals surface area contributed by atoms with Gasteiger partial charge in [0.05, 0.1) is 7.11 Å². The number of aromatic nitrogens is 1. The number of aromatic amines is 1. The summed E-state index contributed by atoms with van der Waals surface area (Å²) in [5.41, 5.74) is 6.49. The lowest BCUT2D eigenvalue weighted by Crippen LogP contribution is -2.42. The molecule has 0 bridgehead atoms. The molecule has 3 N–H and O–H groups in total. The molecule has 1 aromatic heterocycles. The molecule has 206 valence electrons. The topological polar surface area (TPSA) is 105 Å². The Bertz CT molecular complexity index is 1070. The van der Waals surface area contributed by atoms with Crippen LogP contribution in [0.15, 0.2) is 41.3 Å². The van der Waals surface area contributed by atoms with Crippen molar-refractivity contribution in [2.75, 3.05) is 20.2 Å². The van der Waals surface area contributed by atoms with Crippen LogP contribution in [0, 0.1) is 0 Å². The van der Waals surface area contributed by atoms with Gasteiger partial charge in [-0.1, -0.05) is 44.6 Å². The molecule has 0 spiro atoms. The third-order valence-corrected chi connectivity index (χ3v) is 5.58. The van der Waals surface area contributed by atoms with Crippen LogP contribution in [0.2, 0.25) is 0 Å². The SMILES string of the molecule is CC.COC(=O)[C@@H]1CCCN1C(=O)CC(F)(F)F.NCCCCC/C=C/c1ccc2cc[nH]c(=O)c2c1. The van der Waals surface area contributed by atoms with Gasteiger partial charge in [0.15, 0.2) is 0 Å². The summed E-state index contributed by atoms with van der Waals surface area (Å²) in [6.45, 7) is 4.95. The van der Waals surface area contributed by atoms with E-state index >= 15 is 0 Å². The molecule has 0 radical (unpaired) electrons. The number of allylic oxidation sites excluding steroid dienone is 1. The Morgan fingerprint density at radius 2 is 1.92 bits per heavy atom. The van der Waals surface area contributed by atoms with E-state index in [9.17, 15) is 27.6 Å². The molecule has 37 heavy (non-hydrogen) atoms. The summed E-state index contributed by atoms with van der Waals surface area (Å²) in [6, 6.07) is 7.01. The lowest BCUT2D eigenvalue weighted by atomic mass is 10.1. The minimum Gasteiger partial charge on any atom is -0.467 e. The molecular weight excluding hydrogens is 487 g/mol. The van der Waals surface area contributed by atoms with E-state index in [4.69, 9.17) is 5.73 Å². The van der Waals surface area contributed by atoms with Gasteiger partial charge in [0.1, 0.15) is 12.5 Å². The monoisotopic (exact) mass is 525 g/mol. The summed E-state index contributed by atoms with van der Waals surface area (Å²) in [6.07, 6.45) is 5.23. The first-order chi connectivity index (χ1) is 17.7. The Morgan fingerprint density at radius 3 is 2.57 bits per heavy atom. The van der Waals surface area contributed by atoms with Crippen LogP contribution in [0.5, 0.6) is 0 Å². The van der Waals surface area contributed by atoms with Crippen LogP contribution < -0.4 is 11.3 Å². The second kappa shape index (κ2) is 16.6. The molecule has 0 saturated carbocycles. The zero-order chi connectivity index (χ0) is 27.8. The Labute approximate surface area is 215 Å². The van der Waals surface area contributed by atoms with E-state index in [1.54, 1.807) is 6.20 Å². The van der Waals surface area contributed by atoms with E-state index in [2.05, 4.69) is 21.9 Å². The number of ether oxygens (including phenoxy) is 1. The van der Waals surface area contributed by atoms with Crippen molar-refractivity contribution >= 4 is 28.7 Å². The van der Waals surface area contributed by atoms with Gasteiger partial charge in [-0.3, -0.25) is 9.59 Å². The first-order valence-electron chi connectivity index (χ1n) is 12.6. The standard InChI is InChI=1S/C16H20N2O.C9H12F3NO3.C2H6/c17-10-5-3-1-2-4-6-13-7-8-14-9-11-18-16(19)15(14)12-13;1-16-8(15)6-3-2-4-13(6)7(14)5-9(10,11)12;1-2/h4,6-9,11-12H,1-3,5,10,17H2,(H,18,19);6H,2-5H2,1H3;1-2H3/b6-4+;;/t;6-;/m.0./s1. The number of likely N-dealkylation sites (tertiary alicyclic amines) is 1. The minimum absolute atomic E-state index is 0.0318. The highest BCUT2D eigenvalue weighted by Gasteiger charge is 2.40. The van der Waals surface area contributed by atoms with Crippen LogP contribution in [-0.4, -0.2) is 54.2 Å². The fourth-order valence-electron chi connectivity index (χ4n) is 3.83. The van der Waals surface area contributed by atoms with Crippen LogP contribution >= 0.6 is 0 Å². The molecule has 0 aliphatic carbocycles. The molecule has 1 atom stereocenters. The Morgan fingerprint density at radius 1 is 1.19 bits per heavy atom. The van der Waals surface area contributed by atoms with Crippen molar-refractivity contribution < 1.29 is 27.5 Å². The summed E-state index contributed by atoms with van der Waals surface area (Å²) in [5, 5.41) is 1.72. The average molecular weight is 526 g/mol. The third-order valence-electron chi connectivity index (χ3n) is 5.58. The Balaban J connectivity index is 0.000000352. The van der Waals surface area contributed by atoms with Crippen LogP contribution in [0.1, 0.15) is 64.4 Å². The number of nitrogens with zero attached hydrogens (tertiary/aromatic N) is 1. The second-order valence-corrected chi connectivity index (χ2v) is 8.25. The fourth-order valence-corrected chi connectivity index (χ4v) is 3.83. The predicted octanol–water partition coefficient (Wildman–Crippen LogP) is 5.19. The molecule has 1 saturated heterocycles. The quantitative estimate of drug-likeness (QED) is 0.365. The molecule has 10 heteroatoms. The Hall–Kier alpha value is -3.14. The van der Waals surface area contributed by atoms with Crippen LogP contribution in [0.4, 0.5) is 13.2 Å². The molecule has 1 aromatic carbocycles. The summed E-state index contributed by atoms with van der Waals surface area (Å²) in [4.78, 5) is 37.8. The van der Waals surface area contributed by atoms with Crippen molar-refractivity contribution in [3.05, 3.63) is 52.5 Å². The number of methoxy groups -OCH3 is 1. The third kappa shape index (κ3) is 11.2. The number of pyridine rings is 1. The largest absolute Gasteiger partial charge is 0.467 e. The highest BCUT2D eigenvalue weighted by molar-refractivity contribution is 5.85. The number of esters is 1. The number of alkyl halides is 3. The summed E-state index contributed by atoms with van der Waals surface area (Å²) in [5.74, 6) is -1.73. The highest BCUT2D eigenvalue weighted by atomic mass is 19.4. The van der Waals surface area contributed by atoms with Crippen molar-refractivity contribution in [2.45, 2.75) is 71.0 Å². The van der Waals surface area contributed by atoms with Gasteiger partial charge in [-0.05, 0) is 61.7 Å². The lowest BCUT2D eigenvalue weighted by Gasteiger charge is -2.23. The number of benzene rings is 1. The van der Waals surface area contributed by atoms with Gasteiger partial charge in [-0.2, -0.15) is 13.2 Å². The number of H-pyrrole nitrogens is 1. The molecule has 1 aliphatic heterocycles. The van der Waals surface area contributed by atoms with E-state index in [1.165, 1.54) is 12.8 Å². The van der Waals surface area contributed by atoms with Gasteiger partial charge in [0.25, 0.3) is 5.56 Å². The van der Waals surface area contributed by atoms with Gasteiger partial charge < -0.3 is 20.4 Å². The zero-order valence-electron chi connectivity index (χ0n) is 21.8. The van der Waals surface area contributed by atoms with Gasteiger partial charge in [-0.25, -0.2) is 4.79 Å². The maximum Gasteiger partial charge on any atom is 0.397 e. The molecule has 1 aliphatic rings. The molecule has 1 amide bonds. The number of carbonyl (C=O) groups is 2. The van der Waals surface area contributed by atoms with Crippen LogP contribution in [-0.2, 0) is 14.3 Å². The maximum absolute atomic E-state index is 12.0. The number of hydrogen-bond donors (Lipinski definition) is 2.